The summed E-state index contributed by atoms with van der Waals surface area (Å²) in [7, 11) is 1.35. The third-order valence-electron chi connectivity index (χ3n) is 4.76. The second kappa shape index (κ2) is 6.59. The summed E-state index contributed by atoms with van der Waals surface area (Å²) in [5.74, 6) is 0.175. The Balaban J connectivity index is 1.95. The Labute approximate surface area is 166 Å². The number of aromatic nitrogens is 4. The van der Waals surface area contributed by atoms with Gasteiger partial charge in [0.1, 0.15) is 5.69 Å². The van der Waals surface area contributed by atoms with Crippen molar-refractivity contribution in [2.45, 2.75) is 0 Å². The fraction of sp³-hybridized carbons (Fsp3) is 0.211. The average molecular weight is 413 g/mol. The Morgan fingerprint density at radius 3 is 2.48 bits per heavy atom. The van der Waals surface area contributed by atoms with Gasteiger partial charge in [0, 0.05) is 31.2 Å². The topological polar surface area (TPSA) is 108 Å². The fourth-order valence-electron chi connectivity index (χ4n) is 3.41. The summed E-state index contributed by atoms with van der Waals surface area (Å²) in [5, 5.41) is 0.814. The predicted octanol–water partition coefficient (Wildman–Crippen LogP) is 1.87. The summed E-state index contributed by atoms with van der Waals surface area (Å²) in [4.78, 5) is 21.0. The van der Waals surface area contributed by atoms with Crippen molar-refractivity contribution in [3.05, 3.63) is 47.1 Å². The summed E-state index contributed by atoms with van der Waals surface area (Å²) in [5.41, 5.74) is 3.86. The van der Waals surface area contributed by atoms with Crippen molar-refractivity contribution < 1.29 is 13.2 Å². The minimum Gasteiger partial charge on any atom is -0.480 e. The maximum Gasteiger partial charge on any atom is 0.328 e. The Hall–Kier alpha value is -3.40. The van der Waals surface area contributed by atoms with Gasteiger partial charge in [-0.1, -0.05) is 6.07 Å². The molecule has 0 saturated carbocycles. The van der Waals surface area contributed by atoms with Crippen LogP contribution in [0.15, 0.2) is 41.5 Å². The number of ether oxygens (including phenoxy) is 1. The van der Waals surface area contributed by atoms with Gasteiger partial charge in [0.25, 0.3) is 0 Å². The molecule has 0 unspecified atom stereocenters. The minimum atomic E-state index is -3.50. The van der Waals surface area contributed by atoms with Gasteiger partial charge in [-0.05, 0) is 23.8 Å². The molecule has 0 aliphatic rings. The molecule has 150 valence electrons. The lowest BCUT2D eigenvalue weighted by atomic mass is 10.0. The number of fused-ring (bicyclic) bond motifs is 3. The smallest absolute Gasteiger partial charge is 0.328 e. The molecule has 0 spiro atoms. The number of pyridine rings is 2. The molecule has 1 N–H and O–H groups in total. The summed E-state index contributed by atoms with van der Waals surface area (Å²) in [6.45, 7) is 0. The molecule has 10 heteroatoms. The van der Waals surface area contributed by atoms with Crippen LogP contribution in [0.4, 0.5) is 5.69 Å². The summed E-state index contributed by atoms with van der Waals surface area (Å²) < 4.78 is 34.1. The van der Waals surface area contributed by atoms with Crippen molar-refractivity contribution in [2.24, 2.45) is 14.1 Å². The van der Waals surface area contributed by atoms with E-state index < -0.39 is 10.0 Å². The molecular weight excluding hydrogens is 394 g/mol. The SMILES string of the molecule is COc1ncc(-c2ccc3ncc4c(c3c2)n(C)c(=O)n4C)cc1NS(C)(=O)=O. The molecule has 29 heavy (non-hydrogen) atoms. The highest BCUT2D eigenvalue weighted by Crippen LogP contribution is 2.32. The molecule has 0 aliphatic heterocycles. The third kappa shape index (κ3) is 3.21. The normalized spacial score (nSPS) is 11.9. The minimum absolute atomic E-state index is 0.134. The highest BCUT2D eigenvalue weighted by molar-refractivity contribution is 7.92. The third-order valence-corrected chi connectivity index (χ3v) is 5.35. The van der Waals surface area contributed by atoms with E-state index >= 15 is 0 Å². The van der Waals surface area contributed by atoms with Crippen LogP contribution in [0.3, 0.4) is 0 Å². The molecule has 0 saturated heterocycles. The van der Waals surface area contributed by atoms with Crippen molar-refractivity contribution in [1.29, 1.82) is 0 Å². The number of sulfonamides is 1. The van der Waals surface area contributed by atoms with Crippen LogP contribution in [0.5, 0.6) is 5.88 Å². The molecule has 0 bridgehead atoms. The lowest BCUT2D eigenvalue weighted by Crippen LogP contribution is -2.19. The zero-order valence-corrected chi connectivity index (χ0v) is 17.1. The average Bonchev–Trinajstić information content (AvgIpc) is 2.90. The number of hydrogen-bond donors (Lipinski definition) is 1. The van der Waals surface area contributed by atoms with Crippen molar-refractivity contribution in [3.8, 4) is 17.0 Å². The summed E-state index contributed by atoms with van der Waals surface area (Å²) in [6, 6.07) is 7.30. The highest BCUT2D eigenvalue weighted by Gasteiger charge is 2.15. The van der Waals surface area contributed by atoms with Crippen LogP contribution in [0.2, 0.25) is 0 Å². The number of methoxy groups -OCH3 is 1. The van der Waals surface area contributed by atoms with Crippen LogP contribution in [-0.2, 0) is 24.1 Å². The van der Waals surface area contributed by atoms with E-state index in [1.54, 1.807) is 41.7 Å². The van der Waals surface area contributed by atoms with Gasteiger partial charge in [-0.25, -0.2) is 18.2 Å². The van der Waals surface area contributed by atoms with Crippen molar-refractivity contribution >= 4 is 37.6 Å². The van der Waals surface area contributed by atoms with Crippen LogP contribution >= 0.6 is 0 Å². The number of imidazole rings is 1. The zero-order valence-electron chi connectivity index (χ0n) is 16.3. The van der Waals surface area contributed by atoms with E-state index in [1.165, 1.54) is 7.11 Å². The monoisotopic (exact) mass is 413 g/mol. The van der Waals surface area contributed by atoms with Gasteiger partial charge in [-0.2, -0.15) is 0 Å². The second-order valence-electron chi connectivity index (χ2n) is 6.78. The largest absolute Gasteiger partial charge is 0.480 e. The van der Waals surface area contributed by atoms with Crippen LogP contribution in [0.25, 0.3) is 33.1 Å². The lowest BCUT2D eigenvalue weighted by Gasteiger charge is -2.11. The molecule has 1 aromatic carbocycles. The first-order valence-electron chi connectivity index (χ1n) is 8.66. The van der Waals surface area contributed by atoms with Gasteiger partial charge in [0.15, 0.2) is 0 Å². The van der Waals surface area contributed by atoms with Crippen LogP contribution in [0, 0.1) is 0 Å². The molecule has 4 rings (SSSR count). The van der Waals surface area contributed by atoms with Gasteiger partial charge in [-0.3, -0.25) is 18.8 Å². The van der Waals surface area contributed by atoms with Gasteiger partial charge < -0.3 is 4.74 Å². The molecule has 9 nitrogen and oxygen atoms in total. The zero-order chi connectivity index (χ0) is 20.9. The van der Waals surface area contributed by atoms with Crippen LogP contribution < -0.4 is 15.1 Å². The van der Waals surface area contributed by atoms with E-state index in [4.69, 9.17) is 4.74 Å². The highest BCUT2D eigenvalue weighted by atomic mass is 32.2. The first kappa shape index (κ1) is 18.9. The second-order valence-corrected chi connectivity index (χ2v) is 8.53. The molecule has 0 amide bonds. The Bertz CT molecular complexity index is 1440. The van der Waals surface area contributed by atoms with Crippen LogP contribution in [0.1, 0.15) is 0 Å². The number of hydrogen-bond acceptors (Lipinski definition) is 6. The molecule has 0 aliphatic carbocycles. The first-order valence-corrected chi connectivity index (χ1v) is 10.5. The summed E-state index contributed by atoms with van der Waals surface area (Å²) >= 11 is 0. The molecule has 4 aromatic rings. The standard InChI is InChI=1S/C19H19N5O4S/c1-23-16-10-20-14-6-5-11(7-13(14)17(16)24(2)19(23)25)12-8-15(22-29(4,26)27)18(28-3)21-9-12/h5-10,22H,1-4H3. The maximum absolute atomic E-state index is 12.3. The first-order chi connectivity index (χ1) is 13.7. The Morgan fingerprint density at radius 2 is 1.79 bits per heavy atom. The molecule has 0 fully saturated rings. The molecule has 3 aromatic heterocycles. The summed E-state index contributed by atoms with van der Waals surface area (Å²) in [6.07, 6.45) is 4.35. The number of benzene rings is 1. The molecule has 3 heterocycles. The van der Waals surface area contributed by atoms with Gasteiger partial charge >= 0.3 is 5.69 Å². The van der Waals surface area contributed by atoms with E-state index in [2.05, 4.69) is 14.7 Å². The maximum atomic E-state index is 12.3. The number of nitrogens with one attached hydrogen (secondary N) is 1. The number of anilines is 1. The number of nitrogens with zero attached hydrogens (tertiary/aromatic N) is 4. The van der Waals surface area contributed by atoms with E-state index in [0.717, 1.165) is 33.8 Å². The van der Waals surface area contributed by atoms with Crippen molar-refractivity contribution in [3.63, 3.8) is 0 Å². The number of aryl methyl sites for hydroxylation is 2. The molecule has 0 atom stereocenters. The Morgan fingerprint density at radius 1 is 1.03 bits per heavy atom. The van der Waals surface area contributed by atoms with Crippen molar-refractivity contribution in [2.75, 3.05) is 18.1 Å². The van der Waals surface area contributed by atoms with E-state index in [1.807, 2.05) is 18.2 Å². The van der Waals surface area contributed by atoms with E-state index in [9.17, 15) is 13.2 Å². The number of rotatable bonds is 4. The van der Waals surface area contributed by atoms with E-state index in [0.29, 0.717) is 5.56 Å². The predicted molar refractivity (Wildman–Crippen MR) is 112 cm³/mol. The molecular formula is C19H19N5O4S. The van der Waals surface area contributed by atoms with Gasteiger partial charge in [0.05, 0.1) is 36.1 Å². The lowest BCUT2D eigenvalue weighted by molar-refractivity contribution is 0.400. The quantitative estimate of drug-likeness (QED) is 0.547. The Kier molecular flexibility index (Phi) is 4.30. The van der Waals surface area contributed by atoms with E-state index in [-0.39, 0.29) is 17.3 Å². The molecule has 0 radical (unpaired) electrons. The van der Waals surface area contributed by atoms with Gasteiger partial charge in [-0.15, -0.1) is 0 Å². The van der Waals surface area contributed by atoms with Crippen molar-refractivity contribution in [1.82, 2.24) is 19.1 Å². The fourth-order valence-corrected chi connectivity index (χ4v) is 3.96. The van der Waals surface area contributed by atoms with Crippen LogP contribution in [-0.4, -0.2) is 40.9 Å². The van der Waals surface area contributed by atoms with Gasteiger partial charge in [0.2, 0.25) is 15.9 Å².